The minimum atomic E-state index is -0.134. The maximum atomic E-state index is 14.1. The summed E-state index contributed by atoms with van der Waals surface area (Å²) in [5.41, 5.74) is 3.02. The first-order valence-electron chi connectivity index (χ1n) is 11.3. The van der Waals surface area contributed by atoms with Gasteiger partial charge < -0.3 is 9.80 Å². The fourth-order valence-electron chi connectivity index (χ4n) is 4.34. The molecule has 1 aliphatic heterocycles. The number of hydrogen-bond donors (Lipinski definition) is 0. The molecule has 0 N–H and O–H groups in total. The van der Waals surface area contributed by atoms with Crippen molar-refractivity contribution in [3.63, 3.8) is 0 Å². The van der Waals surface area contributed by atoms with E-state index < -0.39 is 0 Å². The number of nitrogens with zero attached hydrogens (tertiary/aromatic N) is 3. The summed E-state index contributed by atoms with van der Waals surface area (Å²) in [4.78, 5) is 19.7. The van der Waals surface area contributed by atoms with Crippen LogP contribution in [0.25, 0.3) is 0 Å². The van der Waals surface area contributed by atoms with Crippen molar-refractivity contribution in [2.45, 2.75) is 32.7 Å². The molecule has 4 nitrogen and oxygen atoms in total. The van der Waals surface area contributed by atoms with Crippen LogP contribution in [-0.4, -0.2) is 67.4 Å². The highest BCUT2D eigenvalue weighted by Crippen LogP contribution is 2.21. The molecular formula is C26H36FN3O. The lowest BCUT2D eigenvalue weighted by Crippen LogP contribution is -2.45. The predicted molar refractivity (Wildman–Crippen MR) is 124 cm³/mol. The number of piperidine rings is 1. The minimum absolute atomic E-state index is 0.134. The summed E-state index contributed by atoms with van der Waals surface area (Å²) in [6.45, 7) is 6.95. The number of carbonyl (C=O) groups excluding carboxylic acids is 1. The summed E-state index contributed by atoms with van der Waals surface area (Å²) in [5, 5.41) is 0. The third kappa shape index (κ3) is 7.15. The normalized spacial score (nSPS) is 17.1. The number of aryl methyl sites for hydroxylation is 1. The van der Waals surface area contributed by atoms with E-state index in [2.05, 4.69) is 22.8 Å². The molecule has 0 aromatic heterocycles. The van der Waals surface area contributed by atoms with Crippen LogP contribution in [0.5, 0.6) is 0 Å². The number of carbonyl (C=O) groups is 1. The van der Waals surface area contributed by atoms with Gasteiger partial charge in [0.15, 0.2) is 0 Å². The number of hydrogen-bond acceptors (Lipinski definition) is 3. The number of rotatable bonds is 9. The van der Waals surface area contributed by atoms with Gasteiger partial charge in [0.25, 0.3) is 0 Å². The zero-order valence-corrected chi connectivity index (χ0v) is 19.2. The Hall–Kier alpha value is -2.24. The Bertz CT molecular complexity index is 854. The Morgan fingerprint density at radius 1 is 1.06 bits per heavy atom. The maximum Gasteiger partial charge on any atom is 0.227 e. The number of likely N-dealkylation sites (N-methyl/N-ethyl adjacent to an activating group) is 1. The first-order valence-corrected chi connectivity index (χ1v) is 11.3. The van der Waals surface area contributed by atoms with Gasteiger partial charge in [0.1, 0.15) is 5.82 Å². The van der Waals surface area contributed by atoms with Crippen molar-refractivity contribution >= 4 is 5.91 Å². The van der Waals surface area contributed by atoms with Crippen LogP contribution in [0, 0.1) is 18.7 Å². The summed E-state index contributed by atoms with van der Waals surface area (Å²) in [6, 6.07) is 15.2. The van der Waals surface area contributed by atoms with Gasteiger partial charge >= 0.3 is 0 Å². The highest BCUT2D eigenvalue weighted by Gasteiger charge is 2.25. The van der Waals surface area contributed by atoms with E-state index in [1.54, 1.807) is 6.07 Å². The van der Waals surface area contributed by atoms with Gasteiger partial charge in [-0.2, -0.15) is 0 Å². The van der Waals surface area contributed by atoms with Crippen LogP contribution in [0.1, 0.15) is 29.5 Å². The first-order chi connectivity index (χ1) is 14.9. The third-order valence-corrected chi connectivity index (χ3v) is 6.21. The molecule has 31 heavy (non-hydrogen) atoms. The summed E-state index contributed by atoms with van der Waals surface area (Å²) in [6.07, 6.45) is 2.66. The Morgan fingerprint density at radius 2 is 1.77 bits per heavy atom. The van der Waals surface area contributed by atoms with Crippen LogP contribution in [0.4, 0.5) is 4.39 Å². The van der Waals surface area contributed by atoms with E-state index in [1.807, 2.05) is 49.3 Å². The Labute approximate surface area is 186 Å². The zero-order chi connectivity index (χ0) is 22.2. The quantitative estimate of drug-likeness (QED) is 0.608. The standard InChI is InChI=1S/C26H36FN3O/c1-21-9-4-5-11-23(21)17-26(31)30(16-15-28(2)3)19-22-10-8-14-29(18-22)20-24-12-6-7-13-25(24)27/h4-7,9,11-13,22H,8,10,14-20H2,1-3H3/t22-/m0/s1. The van der Waals surface area contributed by atoms with E-state index in [9.17, 15) is 9.18 Å². The second-order valence-electron chi connectivity index (χ2n) is 9.08. The topological polar surface area (TPSA) is 26.8 Å². The molecule has 0 unspecified atom stereocenters. The molecule has 0 bridgehead atoms. The predicted octanol–water partition coefficient (Wildman–Crippen LogP) is 3.98. The Balaban J connectivity index is 1.63. The van der Waals surface area contributed by atoms with E-state index in [0.717, 1.165) is 62.3 Å². The second-order valence-corrected chi connectivity index (χ2v) is 9.08. The number of halogens is 1. The summed E-state index contributed by atoms with van der Waals surface area (Å²) in [5.74, 6) is 0.483. The average Bonchev–Trinajstić information content (AvgIpc) is 2.74. The van der Waals surface area contributed by atoms with Crippen molar-refractivity contribution in [1.82, 2.24) is 14.7 Å². The summed E-state index contributed by atoms with van der Waals surface area (Å²) >= 11 is 0. The Morgan fingerprint density at radius 3 is 2.48 bits per heavy atom. The van der Waals surface area contributed by atoms with Crippen molar-refractivity contribution in [2.75, 3.05) is 46.8 Å². The Kier molecular flexibility index (Phi) is 8.61. The van der Waals surface area contributed by atoms with E-state index in [4.69, 9.17) is 0 Å². The summed E-state index contributed by atoms with van der Waals surface area (Å²) < 4.78 is 14.1. The molecule has 0 saturated carbocycles. The zero-order valence-electron chi connectivity index (χ0n) is 19.2. The van der Waals surface area contributed by atoms with Crippen molar-refractivity contribution in [2.24, 2.45) is 5.92 Å². The van der Waals surface area contributed by atoms with Crippen LogP contribution in [-0.2, 0) is 17.8 Å². The molecule has 0 aliphatic carbocycles. The fourth-order valence-corrected chi connectivity index (χ4v) is 4.34. The largest absolute Gasteiger partial charge is 0.341 e. The summed E-state index contributed by atoms with van der Waals surface area (Å²) in [7, 11) is 4.08. The van der Waals surface area contributed by atoms with Crippen molar-refractivity contribution in [3.05, 3.63) is 71.0 Å². The lowest BCUT2D eigenvalue weighted by Gasteiger charge is -2.36. The van der Waals surface area contributed by atoms with Gasteiger partial charge in [0.05, 0.1) is 6.42 Å². The lowest BCUT2D eigenvalue weighted by molar-refractivity contribution is -0.131. The molecule has 1 amide bonds. The molecule has 1 saturated heterocycles. The van der Waals surface area contributed by atoms with Crippen molar-refractivity contribution < 1.29 is 9.18 Å². The van der Waals surface area contributed by atoms with Gasteiger partial charge in [-0.25, -0.2) is 4.39 Å². The highest BCUT2D eigenvalue weighted by molar-refractivity contribution is 5.79. The maximum absolute atomic E-state index is 14.1. The molecule has 168 valence electrons. The lowest BCUT2D eigenvalue weighted by atomic mass is 9.96. The average molecular weight is 426 g/mol. The smallest absolute Gasteiger partial charge is 0.227 e. The molecular weight excluding hydrogens is 389 g/mol. The molecule has 3 rings (SSSR count). The van der Waals surface area contributed by atoms with Gasteiger partial charge in [-0.1, -0.05) is 42.5 Å². The highest BCUT2D eigenvalue weighted by atomic mass is 19.1. The molecule has 2 aromatic rings. The molecule has 1 aliphatic rings. The van der Waals surface area contributed by atoms with Crippen LogP contribution < -0.4 is 0 Å². The van der Waals surface area contributed by atoms with E-state index >= 15 is 0 Å². The number of amides is 1. The molecule has 1 atom stereocenters. The SMILES string of the molecule is Cc1ccccc1CC(=O)N(CCN(C)C)C[C@H]1CCCN(Cc2ccccc2F)C1. The van der Waals surface area contributed by atoms with E-state index in [0.29, 0.717) is 18.9 Å². The van der Waals surface area contributed by atoms with Gasteiger partial charge in [-0.05, 0) is 63.5 Å². The number of benzene rings is 2. The van der Waals surface area contributed by atoms with Gasteiger partial charge in [0, 0.05) is 38.3 Å². The van der Waals surface area contributed by atoms with Crippen LogP contribution in [0.15, 0.2) is 48.5 Å². The van der Waals surface area contributed by atoms with Crippen LogP contribution >= 0.6 is 0 Å². The third-order valence-electron chi connectivity index (χ3n) is 6.21. The molecule has 2 aromatic carbocycles. The first kappa shape index (κ1) is 23.4. The fraction of sp³-hybridized carbons (Fsp3) is 0.500. The molecule has 1 heterocycles. The molecule has 0 spiro atoms. The van der Waals surface area contributed by atoms with Gasteiger partial charge in [-0.15, -0.1) is 0 Å². The van der Waals surface area contributed by atoms with Crippen molar-refractivity contribution in [1.29, 1.82) is 0 Å². The number of likely N-dealkylation sites (tertiary alicyclic amines) is 1. The van der Waals surface area contributed by atoms with Gasteiger partial charge in [0.2, 0.25) is 5.91 Å². The monoisotopic (exact) mass is 425 g/mol. The van der Waals surface area contributed by atoms with Crippen molar-refractivity contribution in [3.8, 4) is 0 Å². The molecule has 5 heteroatoms. The van der Waals surface area contributed by atoms with Crippen LogP contribution in [0.3, 0.4) is 0 Å². The minimum Gasteiger partial charge on any atom is -0.341 e. The van der Waals surface area contributed by atoms with E-state index in [1.165, 1.54) is 6.07 Å². The molecule has 1 fully saturated rings. The molecule has 0 radical (unpaired) electrons. The van der Waals surface area contributed by atoms with Crippen LogP contribution in [0.2, 0.25) is 0 Å². The van der Waals surface area contributed by atoms with E-state index in [-0.39, 0.29) is 11.7 Å². The van der Waals surface area contributed by atoms with Gasteiger partial charge in [-0.3, -0.25) is 9.69 Å². The second kappa shape index (κ2) is 11.4.